The average Bonchev–Trinajstić information content (AvgIpc) is 3.08. The Hall–Kier alpha value is -2.98. The van der Waals surface area contributed by atoms with Crippen LogP contribution in [0.3, 0.4) is 0 Å². The number of para-hydroxylation sites is 1. The molecule has 200 valence electrons. The molecule has 0 aliphatic carbocycles. The Kier molecular flexibility index (Phi) is 8.96. The third-order valence-electron chi connectivity index (χ3n) is 4.95. The van der Waals surface area contributed by atoms with Crippen LogP contribution >= 0.6 is 19.4 Å². The number of aromatic nitrogens is 3. The van der Waals surface area contributed by atoms with Crippen LogP contribution in [0.25, 0.3) is 0 Å². The van der Waals surface area contributed by atoms with Gasteiger partial charge in [-0.25, -0.2) is 14.2 Å². The fourth-order valence-corrected chi connectivity index (χ4v) is 4.84. The highest BCUT2D eigenvalue weighted by molar-refractivity contribution is 7.49. The fourth-order valence-electron chi connectivity index (χ4n) is 3.22. The van der Waals surface area contributed by atoms with Gasteiger partial charge in [0.2, 0.25) is 0 Å². The van der Waals surface area contributed by atoms with E-state index in [-0.39, 0.29) is 11.6 Å². The molecule has 15 heteroatoms. The van der Waals surface area contributed by atoms with Crippen LogP contribution in [-0.2, 0) is 27.9 Å². The molecular formula is C22H26ClN4O9P. The number of phosphoric ester groups is 1. The topological polar surface area (TPSA) is 174 Å². The summed E-state index contributed by atoms with van der Waals surface area (Å²) in [5.41, 5.74) is 4.53. The third kappa shape index (κ3) is 6.67. The van der Waals surface area contributed by atoms with Crippen LogP contribution < -0.4 is 15.9 Å². The number of benzene rings is 1. The van der Waals surface area contributed by atoms with Gasteiger partial charge in [-0.15, -0.1) is 6.42 Å². The van der Waals surface area contributed by atoms with Crippen LogP contribution in [-0.4, -0.2) is 61.7 Å². The predicted molar refractivity (Wildman–Crippen MR) is 130 cm³/mol. The van der Waals surface area contributed by atoms with Crippen LogP contribution in [0.15, 0.2) is 41.3 Å². The summed E-state index contributed by atoms with van der Waals surface area (Å²) in [6, 6.07) is 7.91. The van der Waals surface area contributed by atoms with Crippen molar-refractivity contribution in [1.29, 1.82) is 0 Å². The minimum Gasteiger partial charge on any atom is -0.461 e. The molecular weight excluding hydrogens is 531 g/mol. The molecule has 1 aliphatic rings. The maximum atomic E-state index is 13.5. The second kappa shape index (κ2) is 11.6. The van der Waals surface area contributed by atoms with Crippen molar-refractivity contribution in [3.63, 3.8) is 0 Å². The van der Waals surface area contributed by atoms with E-state index in [1.807, 2.05) is 0 Å². The number of carbonyl (C=O) groups is 1. The van der Waals surface area contributed by atoms with E-state index >= 15 is 0 Å². The molecule has 3 N–H and O–H groups in total. The molecule has 1 saturated heterocycles. The van der Waals surface area contributed by atoms with Crippen molar-refractivity contribution < 1.29 is 37.5 Å². The van der Waals surface area contributed by atoms with Gasteiger partial charge < -0.3 is 24.8 Å². The van der Waals surface area contributed by atoms with Gasteiger partial charge in [0.1, 0.15) is 23.8 Å². The first-order chi connectivity index (χ1) is 17.4. The molecule has 0 spiro atoms. The number of aliphatic hydroxyl groups is 1. The van der Waals surface area contributed by atoms with Gasteiger partial charge >= 0.3 is 19.5 Å². The standard InChI is InChI=1S/C22H26ClN4O9P/c1-5-22(23)18(28)16(34-20(22)27-21(30)26-17(24)11-25-27)12-32-37(31,36-15-9-7-6-8-10-15)35-14(4)19(29)33-13(2)3/h1,6-11,13-14,16,18,20,28H,12H2,2-4H3,(H2,24,26,30)/t14-,16+,18-,20+,22?,37-/m0/s1. The van der Waals surface area contributed by atoms with Crippen molar-refractivity contribution in [1.82, 2.24) is 14.8 Å². The fraction of sp³-hybridized carbons (Fsp3) is 0.455. The first-order valence-electron chi connectivity index (χ1n) is 11.0. The molecule has 1 aliphatic heterocycles. The van der Waals surface area contributed by atoms with E-state index in [9.17, 15) is 19.3 Å². The van der Waals surface area contributed by atoms with Crippen molar-refractivity contribution in [2.45, 2.75) is 56.3 Å². The number of halogens is 1. The molecule has 0 radical (unpaired) electrons. The van der Waals surface area contributed by atoms with Gasteiger partial charge in [0.15, 0.2) is 17.2 Å². The van der Waals surface area contributed by atoms with Crippen molar-refractivity contribution in [2.75, 3.05) is 12.3 Å². The van der Waals surface area contributed by atoms with E-state index in [0.29, 0.717) is 4.68 Å². The lowest BCUT2D eigenvalue weighted by atomic mass is 10.00. The highest BCUT2D eigenvalue weighted by atomic mass is 35.5. The summed E-state index contributed by atoms with van der Waals surface area (Å²) in [5, 5.41) is 14.7. The Morgan fingerprint density at radius 3 is 2.65 bits per heavy atom. The summed E-state index contributed by atoms with van der Waals surface area (Å²) in [5.74, 6) is 1.35. The van der Waals surface area contributed by atoms with Crippen LogP contribution in [0.2, 0.25) is 0 Å². The van der Waals surface area contributed by atoms with E-state index in [1.54, 1.807) is 32.0 Å². The Bertz CT molecular complexity index is 1250. The quantitative estimate of drug-likeness (QED) is 0.188. The maximum Gasteiger partial charge on any atom is 0.530 e. The zero-order valence-corrected chi connectivity index (χ0v) is 21.7. The van der Waals surface area contributed by atoms with E-state index in [4.69, 9.17) is 46.8 Å². The van der Waals surface area contributed by atoms with Crippen LogP contribution in [0.1, 0.15) is 27.0 Å². The molecule has 37 heavy (non-hydrogen) atoms. The largest absolute Gasteiger partial charge is 0.530 e. The summed E-state index contributed by atoms with van der Waals surface area (Å²) < 4.78 is 41.3. The number of nitrogens with two attached hydrogens (primary N) is 1. The number of nitrogens with zero attached hydrogens (tertiary/aromatic N) is 3. The van der Waals surface area contributed by atoms with Gasteiger partial charge in [-0.2, -0.15) is 14.8 Å². The zero-order valence-electron chi connectivity index (χ0n) is 20.1. The molecule has 2 aromatic rings. The minimum absolute atomic E-state index is 0.111. The van der Waals surface area contributed by atoms with E-state index < -0.39 is 61.6 Å². The molecule has 0 bridgehead atoms. The van der Waals surface area contributed by atoms with Gasteiger partial charge in [-0.1, -0.05) is 35.7 Å². The summed E-state index contributed by atoms with van der Waals surface area (Å²) in [7, 11) is -4.53. The molecule has 2 heterocycles. The number of nitrogen functional groups attached to an aromatic ring is 1. The smallest absolute Gasteiger partial charge is 0.461 e. The molecule has 3 rings (SSSR count). The number of rotatable bonds is 10. The first kappa shape index (κ1) is 28.6. The molecule has 6 atom stereocenters. The van der Waals surface area contributed by atoms with Crippen LogP contribution in [0.4, 0.5) is 5.82 Å². The molecule has 1 aromatic heterocycles. The van der Waals surface area contributed by atoms with Crippen molar-refractivity contribution in [3.8, 4) is 18.1 Å². The number of carbonyl (C=O) groups excluding carboxylic acids is 1. The summed E-state index contributed by atoms with van der Waals surface area (Å²) in [6.07, 6.45) is 0.362. The Balaban J connectivity index is 1.83. The van der Waals surface area contributed by atoms with Crippen LogP contribution in [0.5, 0.6) is 5.75 Å². The monoisotopic (exact) mass is 556 g/mol. The number of aliphatic hydroxyl groups excluding tert-OH is 1. The van der Waals surface area contributed by atoms with Crippen molar-refractivity contribution in [3.05, 3.63) is 47.0 Å². The van der Waals surface area contributed by atoms with Gasteiger partial charge in [-0.05, 0) is 32.9 Å². The molecule has 1 fully saturated rings. The normalized spacial score (nSPS) is 25.7. The number of ether oxygens (including phenoxy) is 2. The lowest BCUT2D eigenvalue weighted by Crippen LogP contribution is -2.44. The Morgan fingerprint density at radius 2 is 2.05 bits per heavy atom. The summed E-state index contributed by atoms with van der Waals surface area (Å²) in [6.45, 7) is 3.94. The molecule has 1 unspecified atom stereocenters. The van der Waals surface area contributed by atoms with Crippen molar-refractivity contribution >= 4 is 31.2 Å². The highest BCUT2D eigenvalue weighted by Crippen LogP contribution is 2.52. The molecule has 0 saturated carbocycles. The van der Waals surface area contributed by atoms with E-state index in [1.165, 1.54) is 19.1 Å². The van der Waals surface area contributed by atoms with Gasteiger partial charge in [0, 0.05) is 0 Å². The number of terminal acetylenes is 1. The number of phosphoric acid groups is 1. The number of hydrogen-bond acceptors (Lipinski definition) is 12. The number of alkyl halides is 1. The summed E-state index contributed by atoms with van der Waals surface area (Å²) in [4.78, 5) is 26.1. The molecule has 0 amide bonds. The average molecular weight is 557 g/mol. The number of hydrogen-bond donors (Lipinski definition) is 2. The van der Waals surface area contributed by atoms with Gasteiger partial charge in [-0.3, -0.25) is 9.05 Å². The molecule has 1 aromatic carbocycles. The second-order valence-electron chi connectivity index (χ2n) is 8.17. The predicted octanol–water partition coefficient (Wildman–Crippen LogP) is 1.65. The lowest BCUT2D eigenvalue weighted by Gasteiger charge is -2.25. The zero-order chi connectivity index (χ0) is 27.4. The third-order valence-corrected chi connectivity index (χ3v) is 6.95. The highest BCUT2D eigenvalue weighted by Gasteiger charge is 2.57. The molecule has 13 nitrogen and oxygen atoms in total. The van der Waals surface area contributed by atoms with E-state index in [2.05, 4.69) is 16.0 Å². The lowest BCUT2D eigenvalue weighted by molar-refractivity contribution is -0.156. The summed E-state index contributed by atoms with van der Waals surface area (Å²) >= 11 is 6.45. The Morgan fingerprint density at radius 1 is 1.38 bits per heavy atom. The SMILES string of the molecule is C#CC1(Cl)[C@@H](O)[C@@H](CO[P@](=O)(Oc2ccccc2)O[C@@H](C)C(=O)OC(C)C)O[C@H]1n1ncc(N)nc1=O. The van der Waals surface area contributed by atoms with Gasteiger partial charge in [0.25, 0.3) is 0 Å². The van der Waals surface area contributed by atoms with Crippen molar-refractivity contribution in [2.24, 2.45) is 0 Å². The van der Waals surface area contributed by atoms with Gasteiger partial charge in [0.05, 0.1) is 18.9 Å². The van der Waals surface area contributed by atoms with Crippen LogP contribution in [0, 0.1) is 12.3 Å². The second-order valence-corrected chi connectivity index (χ2v) is 10.3. The maximum absolute atomic E-state index is 13.5. The Labute approximate surface area is 217 Å². The number of esters is 1. The minimum atomic E-state index is -4.53. The number of anilines is 1. The van der Waals surface area contributed by atoms with E-state index in [0.717, 1.165) is 6.20 Å². The first-order valence-corrected chi connectivity index (χ1v) is 12.8.